The van der Waals surface area contributed by atoms with Crippen molar-refractivity contribution < 1.29 is 26.3 Å². The first-order chi connectivity index (χ1) is 7.58. The molecule has 0 radical (unpaired) electrons. The van der Waals surface area contributed by atoms with Crippen molar-refractivity contribution in [3.63, 3.8) is 0 Å². The van der Waals surface area contributed by atoms with Crippen molar-refractivity contribution in [2.24, 2.45) is 0 Å². The summed E-state index contributed by atoms with van der Waals surface area (Å²) in [7, 11) is 0. The Hall–Kier alpha value is -1.11. The number of rotatable bonds is 2. The molecule has 0 bridgehead atoms. The van der Waals surface area contributed by atoms with Gasteiger partial charge < -0.3 is 5.32 Å². The molecule has 0 atom stereocenters. The second-order valence-electron chi connectivity index (χ2n) is 3.20. The number of anilines is 1. The van der Waals surface area contributed by atoms with Gasteiger partial charge in [0.05, 0.1) is 5.56 Å². The highest BCUT2D eigenvalue weighted by molar-refractivity contribution is 6.30. The molecule has 96 valence electrons. The van der Waals surface area contributed by atoms with E-state index in [4.69, 9.17) is 11.6 Å². The molecule has 0 heterocycles. The van der Waals surface area contributed by atoms with E-state index in [2.05, 4.69) is 0 Å². The van der Waals surface area contributed by atoms with Gasteiger partial charge in [0.25, 0.3) is 0 Å². The van der Waals surface area contributed by atoms with Gasteiger partial charge >= 0.3 is 12.4 Å². The highest BCUT2D eigenvalue weighted by atomic mass is 35.5. The summed E-state index contributed by atoms with van der Waals surface area (Å²) in [4.78, 5) is 0. The lowest BCUT2D eigenvalue weighted by atomic mass is 10.2. The fourth-order valence-electron chi connectivity index (χ4n) is 1.06. The van der Waals surface area contributed by atoms with Gasteiger partial charge in [-0.05, 0) is 18.2 Å². The minimum absolute atomic E-state index is 0.288. The molecule has 8 heteroatoms. The molecule has 17 heavy (non-hydrogen) atoms. The van der Waals surface area contributed by atoms with E-state index >= 15 is 0 Å². The number of alkyl halides is 6. The van der Waals surface area contributed by atoms with Crippen LogP contribution in [-0.4, -0.2) is 12.7 Å². The van der Waals surface area contributed by atoms with Crippen LogP contribution in [0.15, 0.2) is 18.2 Å². The Balaban J connectivity index is 2.91. The minimum atomic E-state index is -4.65. The third-order valence-electron chi connectivity index (χ3n) is 1.72. The molecule has 0 amide bonds. The second kappa shape index (κ2) is 4.64. The lowest BCUT2D eigenvalue weighted by Crippen LogP contribution is -2.21. The van der Waals surface area contributed by atoms with Crippen LogP contribution >= 0.6 is 11.6 Å². The number of nitrogens with one attached hydrogen (secondary N) is 1. The Bertz CT molecular complexity index is 397. The fraction of sp³-hybridized carbons (Fsp3) is 0.333. The summed E-state index contributed by atoms with van der Waals surface area (Å²) in [6.45, 7) is -1.43. The molecule has 1 N–H and O–H groups in total. The molecular formula is C9H6ClF6N. The summed E-state index contributed by atoms with van der Waals surface area (Å²) in [6.07, 6.45) is -9.17. The Morgan fingerprint density at radius 2 is 1.59 bits per heavy atom. The quantitative estimate of drug-likeness (QED) is 0.793. The van der Waals surface area contributed by atoms with E-state index in [9.17, 15) is 26.3 Å². The number of hydrogen-bond donors (Lipinski definition) is 1. The Labute approximate surface area is 97.4 Å². The molecule has 0 aliphatic rings. The Kier molecular flexibility index (Phi) is 3.81. The first-order valence-corrected chi connectivity index (χ1v) is 4.64. The van der Waals surface area contributed by atoms with Crippen LogP contribution in [0.5, 0.6) is 0 Å². The first kappa shape index (κ1) is 14.0. The van der Waals surface area contributed by atoms with Gasteiger partial charge in [-0.25, -0.2) is 0 Å². The van der Waals surface area contributed by atoms with Crippen LogP contribution in [0.4, 0.5) is 32.0 Å². The van der Waals surface area contributed by atoms with Gasteiger partial charge in [-0.3, -0.25) is 0 Å². The normalized spacial score (nSPS) is 12.6. The molecule has 0 saturated carbocycles. The van der Waals surface area contributed by atoms with E-state index in [0.29, 0.717) is 12.1 Å². The average molecular weight is 278 g/mol. The topological polar surface area (TPSA) is 12.0 Å². The molecule has 1 aromatic rings. The maximum atomic E-state index is 12.3. The number of benzene rings is 1. The van der Waals surface area contributed by atoms with E-state index < -0.39 is 24.5 Å². The van der Waals surface area contributed by atoms with E-state index in [1.807, 2.05) is 5.32 Å². The molecule has 0 fully saturated rings. The van der Waals surface area contributed by atoms with Crippen LogP contribution in [0.3, 0.4) is 0 Å². The lowest BCUT2D eigenvalue weighted by Gasteiger charge is -2.12. The predicted molar refractivity (Wildman–Crippen MR) is 51.0 cm³/mol. The van der Waals surface area contributed by atoms with Crippen molar-refractivity contribution in [3.8, 4) is 0 Å². The number of hydrogen-bond acceptors (Lipinski definition) is 1. The van der Waals surface area contributed by atoms with Crippen molar-refractivity contribution in [1.29, 1.82) is 0 Å². The van der Waals surface area contributed by atoms with Gasteiger partial charge in [0.1, 0.15) is 6.54 Å². The zero-order valence-corrected chi connectivity index (χ0v) is 8.84. The van der Waals surface area contributed by atoms with Crippen molar-refractivity contribution >= 4 is 17.3 Å². The van der Waals surface area contributed by atoms with Gasteiger partial charge in [-0.2, -0.15) is 26.3 Å². The minimum Gasteiger partial charge on any atom is -0.376 e. The molecule has 0 aliphatic heterocycles. The molecule has 0 aromatic heterocycles. The van der Waals surface area contributed by atoms with Crippen LogP contribution in [0.2, 0.25) is 5.02 Å². The summed E-state index contributed by atoms with van der Waals surface area (Å²) in [5.41, 5.74) is -1.43. The van der Waals surface area contributed by atoms with E-state index in [0.717, 1.165) is 6.07 Å². The van der Waals surface area contributed by atoms with Gasteiger partial charge in [-0.1, -0.05) is 11.6 Å². The maximum absolute atomic E-state index is 12.3. The zero-order valence-electron chi connectivity index (χ0n) is 8.08. The second-order valence-corrected chi connectivity index (χ2v) is 3.63. The van der Waals surface area contributed by atoms with Gasteiger partial charge in [-0.15, -0.1) is 0 Å². The Morgan fingerprint density at radius 3 is 2.06 bits per heavy atom. The van der Waals surface area contributed by atoms with Crippen molar-refractivity contribution in [2.75, 3.05) is 11.9 Å². The highest BCUT2D eigenvalue weighted by Gasteiger charge is 2.32. The molecule has 0 spiro atoms. The zero-order chi connectivity index (χ0) is 13.3. The SMILES string of the molecule is FC(F)(F)CNc1cc(Cl)cc(C(F)(F)F)c1. The van der Waals surface area contributed by atoms with E-state index in [-0.39, 0.29) is 10.7 Å². The third kappa shape index (κ3) is 4.72. The number of halogens is 7. The van der Waals surface area contributed by atoms with Crippen LogP contribution in [0.1, 0.15) is 5.56 Å². The molecule has 1 nitrogen and oxygen atoms in total. The first-order valence-electron chi connectivity index (χ1n) is 4.26. The van der Waals surface area contributed by atoms with Gasteiger partial charge in [0.2, 0.25) is 0 Å². The van der Waals surface area contributed by atoms with Gasteiger partial charge in [0.15, 0.2) is 0 Å². The summed E-state index contributed by atoms with van der Waals surface area (Å²) < 4.78 is 72.5. The molecule has 1 rings (SSSR count). The summed E-state index contributed by atoms with van der Waals surface area (Å²) in [6, 6.07) is 2.19. The van der Waals surface area contributed by atoms with Gasteiger partial charge in [0, 0.05) is 10.7 Å². The van der Waals surface area contributed by atoms with Crippen LogP contribution in [0.25, 0.3) is 0 Å². The van der Waals surface area contributed by atoms with Crippen LogP contribution in [0, 0.1) is 0 Å². The molecular weight excluding hydrogens is 272 g/mol. The monoisotopic (exact) mass is 277 g/mol. The van der Waals surface area contributed by atoms with Crippen LogP contribution in [-0.2, 0) is 6.18 Å². The fourth-order valence-corrected chi connectivity index (χ4v) is 1.29. The highest BCUT2D eigenvalue weighted by Crippen LogP contribution is 2.33. The smallest absolute Gasteiger partial charge is 0.376 e. The van der Waals surface area contributed by atoms with Crippen LogP contribution < -0.4 is 5.32 Å². The standard InChI is InChI=1S/C9H6ClF6N/c10-6-1-5(9(14,15)16)2-7(3-6)17-4-8(11,12)13/h1-3,17H,4H2. The largest absolute Gasteiger partial charge is 0.416 e. The maximum Gasteiger partial charge on any atom is 0.416 e. The van der Waals surface area contributed by atoms with E-state index in [1.54, 1.807) is 0 Å². The van der Waals surface area contributed by atoms with Crippen molar-refractivity contribution in [2.45, 2.75) is 12.4 Å². The summed E-state index contributed by atoms with van der Waals surface area (Å²) in [5.74, 6) is 0. The Morgan fingerprint density at radius 1 is 1.00 bits per heavy atom. The molecule has 0 unspecified atom stereocenters. The summed E-state index contributed by atoms with van der Waals surface area (Å²) in [5, 5.41) is 1.54. The predicted octanol–water partition coefficient (Wildman–Crippen LogP) is 4.33. The lowest BCUT2D eigenvalue weighted by molar-refractivity contribution is -0.137. The third-order valence-corrected chi connectivity index (χ3v) is 1.94. The van der Waals surface area contributed by atoms with Crippen molar-refractivity contribution in [3.05, 3.63) is 28.8 Å². The van der Waals surface area contributed by atoms with E-state index in [1.165, 1.54) is 0 Å². The summed E-state index contributed by atoms with van der Waals surface area (Å²) >= 11 is 5.38. The molecule has 1 aromatic carbocycles. The molecule has 0 saturated heterocycles. The van der Waals surface area contributed by atoms with Crippen molar-refractivity contribution in [1.82, 2.24) is 0 Å². The molecule has 0 aliphatic carbocycles. The average Bonchev–Trinajstić information content (AvgIpc) is 2.11.